The van der Waals surface area contributed by atoms with Gasteiger partial charge in [0.25, 0.3) is 0 Å². The van der Waals surface area contributed by atoms with Crippen molar-refractivity contribution >= 4 is 15.9 Å². The number of allylic oxidation sites excluding steroid dienone is 3. The number of hydrogen-bond acceptors (Lipinski definition) is 0. The monoisotopic (exact) mass is 186 g/mol. The summed E-state index contributed by atoms with van der Waals surface area (Å²) in [6.45, 7) is 3.78. The van der Waals surface area contributed by atoms with E-state index in [-0.39, 0.29) is 0 Å². The molecule has 1 aliphatic rings. The Balaban J connectivity index is 2.48. The second-order valence-corrected chi connectivity index (χ2v) is 3.03. The molecular formula is C8H11Br. The maximum Gasteiger partial charge on any atom is 0.0100 e. The first-order valence-electron chi connectivity index (χ1n) is 3.23. The van der Waals surface area contributed by atoms with Gasteiger partial charge in [-0.1, -0.05) is 34.2 Å². The summed E-state index contributed by atoms with van der Waals surface area (Å²) in [5, 5.41) is 1.07. The van der Waals surface area contributed by atoms with Crippen LogP contribution in [0, 0.1) is 11.8 Å². The Morgan fingerprint density at radius 2 is 2.56 bits per heavy atom. The van der Waals surface area contributed by atoms with E-state index in [1.165, 1.54) is 6.42 Å². The molecule has 0 bridgehead atoms. The highest BCUT2D eigenvalue weighted by molar-refractivity contribution is 9.09. The second kappa shape index (κ2) is 3.21. The minimum atomic E-state index is 0.685. The molecule has 1 heteroatoms. The van der Waals surface area contributed by atoms with Crippen LogP contribution in [0.3, 0.4) is 0 Å². The first-order valence-corrected chi connectivity index (χ1v) is 4.36. The molecule has 2 atom stereocenters. The van der Waals surface area contributed by atoms with Crippen LogP contribution in [0.5, 0.6) is 0 Å². The Morgan fingerprint density at radius 1 is 1.78 bits per heavy atom. The first-order chi connectivity index (χ1) is 4.38. The normalized spacial score (nSPS) is 33.0. The van der Waals surface area contributed by atoms with Crippen LogP contribution in [0.25, 0.3) is 0 Å². The van der Waals surface area contributed by atoms with Crippen molar-refractivity contribution in [1.82, 2.24) is 0 Å². The predicted octanol–water partition coefficient (Wildman–Crippen LogP) is 2.76. The van der Waals surface area contributed by atoms with Crippen molar-refractivity contribution in [3.63, 3.8) is 0 Å². The molecule has 0 saturated heterocycles. The number of halogens is 1. The van der Waals surface area contributed by atoms with Gasteiger partial charge in [0.1, 0.15) is 0 Å². The molecule has 0 nitrogen and oxygen atoms in total. The Hall–Kier alpha value is -0.0400. The Morgan fingerprint density at radius 3 is 3.00 bits per heavy atom. The molecular weight excluding hydrogens is 176 g/mol. The van der Waals surface area contributed by atoms with Crippen LogP contribution in [-0.4, -0.2) is 5.33 Å². The molecule has 1 rings (SSSR count). The predicted molar refractivity (Wildman–Crippen MR) is 44.7 cm³/mol. The van der Waals surface area contributed by atoms with Crippen molar-refractivity contribution in [2.24, 2.45) is 11.8 Å². The summed E-state index contributed by atoms with van der Waals surface area (Å²) in [4.78, 5) is 0. The summed E-state index contributed by atoms with van der Waals surface area (Å²) in [5.41, 5.74) is 0. The number of hydrogen-bond donors (Lipinski definition) is 0. The first kappa shape index (κ1) is 7.07. The summed E-state index contributed by atoms with van der Waals surface area (Å²) < 4.78 is 0. The van der Waals surface area contributed by atoms with Gasteiger partial charge in [-0.25, -0.2) is 0 Å². The summed E-state index contributed by atoms with van der Waals surface area (Å²) in [6, 6.07) is 0. The van der Waals surface area contributed by atoms with Crippen molar-refractivity contribution in [1.29, 1.82) is 0 Å². The molecule has 0 aromatic carbocycles. The molecule has 0 spiro atoms. The fourth-order valence-corrected chi connectivity index (χ4v) is 1.86. The fraction of sp³-hybridized carbons (Fsp3) is 0.500. The molecule has 0 radical (unpaired) electrons. The van der Waals surface area contributed by atoms with Gasteiger partial charge in [0.05, 0.1) is 0 Å². The lowest BCUT2D eigenvalue weighted by molar-refractivity contribution is 0.565. The summed E-state index contributed by atoms with van der Waals surface area (Å²) >= 11 is 3.46. The van der Waals surface area contributed by atoms with Crippen LogP contribution in [0.2, 0.25) is 0 Å². The van der Waals surface area contributed by atoms with Crippen molar-refractivity contribution in [2.45, 2.75) is 6.42 Å². The average molecular weight is 187 g/mol. The van der Waals surface area contributed by atoms with Gasteiger partial charge in [0.15, 0.2) is 0 Å². The largest absolute Gasteiger partial charge is 0.103 e. The van der Waals surface area contributed by atoms with Gasteiger partial charge in [-0.2, -0.15) is 0 Å². The van der Waals surface area contributed by atoms with E-state index in [9.17, 15) is 0 Å². The third-order valence-corrected chi connectivity index (χ3v) is 2.57. The zero-order chi connectivity index (χ0) is 6.69. The molecule has 50 valence electrons. The van der Waals surface area contributed by atoms with Crippen LogP contribution in [0.1, 0.15) is 6.42 Å². The van der Waals surface area contributed by atoms with Crippen LogP contribution < -0.4 is 0 Å². The minimum Gasteiger partial charge on any atom is -0.103 e. The van der Waals surface area contributed by atoms with Gasteiger partial charge < -0.3 is 0 Å². The van der Waals surface area contributed by atoms with E-state index in [0.29, 0.717) is 11.8 Å². The maximum atomic E-state index is 3.78. The lowest BCUT2D eigenvalue weighted by Crippen LogP contribution is -2.05. The Bertz CT molecular complexity index is 127. The van der Waals surface area contributed by atoms with Crippen molar-refractivity contribution in [3.05, 3.63) is 24.8 Å². The molecule has 9 heavy (non-hydrogen) atoms. The zero-order valence-electron chi connectivity index (χ0n) is 5.39. The van der Waals surface area contributed by atoms with E-state index in [4.69, 9.17) is 0 Å². The van der Waals surface area contributed by atoms with Gasteiger partial charge in [-0.15, -0.1) is 6.58 Å². The third-order valence-electron chi connectivity index (χ3n) is 1.82. The Kier molecular flexibility index (Phi) is 2.52. The summed E-state index contributed by atoms with van der Waals surface area (Å²) in [5.74, 6) is 1.38. The fourth-order valence-electron chi connectivity index (χ4n) is 1.16. The highest BCUT2D eigenvalue weighted by atomic mass is 79.9. The van der Waals surface area contributed by atoms with E-state index in [2.05, 4.69) is 34.7 Å². The highest BCUT2D eigenvalue weighted by Gasteiger charge is 2.17. The van der Waals surface area contributed by atoms with Gasteiger partial charge in [-0.3, -0.25) is 0 Å². The summed E-state index contributed by atoms with van der Waals surface area (Å²) in [6.07, 6.45) is 7.73. The average Bonchev–Trinajstić information content (AvgIpc) is 2.33. The van der Waals surface area contributed by atoms with E-state index >= 15 is 0 Å². The van der Waals surface area contributed by atoms with Gasteiger partial charge in [0, 0.05) is 5.33 Å². The molecule has 0 aromatic heterocycles. The molecule has 0 unspecified atom stereocenters. The highest BCUT2D eigenvalue weighted by Crippen LogP contribution is 2.26. The van der Waals surface area contributed by atoms with Crippen LogP contribution in [-0.2, 0) is 0 Å². The molecule has 0 fully saturated rings. The quantitative estimate of drug-likeness (QED) is 0.460. The van der Waals surface area contributed by atoms with E-state index in [1.54, 1.807) is 0 Å². The zero-order valence-corrected chi connectivity index (χ0v) is 6.97. The molecule has 0 heterocycles. The topological polar surface area (TPSA) is 0 Å². The smallest absolute Gasteiger partial charge is 0.0100 e. The lowest BCUT2D eigenvalue weighted by atomic mass is 9.98. The van der Waals surface area contributed by atoms with Crippen molar-refractivity contribution in [3.8, 4) is 0 Å². The lowest BCUT2D eigenvalue weighted by Gasteiger charge is -2.10. The van der Waals surface area contributed by atoms with Crippen LogP contribution in [0.15, 0.2) is 24.8 Å². The SMILES string of the molecule is C=C[C@@H]1CC=C[C@@H]1CBr. The second-order valence-electron chi connectivity index (χ2n) is 2.38. The van der Waals surface area contributed by atoms with Gasteiger partial charge in [0.2, 0.25) is 0 Å². The summed E-state index contributed by atoms with van der Waals surface area (Å²) in [7, 11) is 0. The molecule has 0 amide bonds. The molecule has 0 N–H and O–H groups in total. The molecule has 0 aliphatic heterocycles. The van der Waals surface area contributed by atoms with E-state index < -0.39 is 0 Å². The molecule has 0 aromatic rings. The van der Waals surface area contributed by atoms with E-state index in [1.807, 2.05) is 6.08 Å². The van der Waals surface area contributed by atoms with Crippen molar-refractivity contribution < 1.29 is 0 Å². The Labute approximate surface area is 64.8 Å². The minimum absolute atomic E-state index is 0.685. The van der Waals surface area contributed by atoms with E-state index in [0.717, 1.165) is 5.33 Å². The van der Waals surface area contributed by atoms with Gasteiger partial charge in [-0.05, 0) is 18.3 Å². The maximum absolute atomic E-state index is 3.78. The van der Waals surface area contributed by atoms with Crippen LogP contribution >= 0.6 is 15.9 Å². The number of rotatable bonds is 2. The van der Waals surface area contributed by atoms with Crippen LogP contribution in [0.4, 0.5) is 0 Å². The third kappa shape index (κ3) is 1.45. The van der Waals surface area contributed by atoms with Gasteiger partial charge >= 0.3 is 0 Å². The van der Waals surface area contributed by atoms with Crippen molar-refractivity contribution in [2.75, 3.05) is 5.33 Å². The molecule has 1 aliphatic carbocycles. The standard InChI is InChI=1S/C8H11Br/c1-2-7-4-3-5-8(7)6-9/h2-3,5,7-8H,1,4,6H2/t7-,8-/m1/s1. The number of alkyl halides is 1. The molecule has 0 saturated carbocycles.